The molecule has 0 aliphatic heterocycles. The van der Waals surface area contributed by atoms with Crippen LogP contribution >= 0.6 is 0 Å². The lowest BCUT2D eigenvalue weighted by molar-refractivity contribution is -0.137. The number of methoxy groups -OCH3 is 1. The van der Waals surface area contributed by atoms with E-state index in [1.54, 1.807) is 0 Å². The number of hydrogen-bond donors (Lipinski definition) is 1. The second-order valence-electron chi connectivity index (χ2n) is 5.76. The van der Waals surface area contributed by atoms with E-state index >= 15 is 0 Å². The van der Waals surface area contributed by atoms with Crippen LogP contribution < -0.4 is 4.72 Å². The largest absolute Gasteiger partial charge is 0.416 e. The molecule has 0 aromatic heterocycles. The fourth-order valence-electron chi connectivity index (χ4n) is 2.63. The lowest BCUT2D eigenvalue weighted by Gasteiger charge is -2.32. The summed E-state index contributed by atoms with van der Waals surface area (Å²) in [4.78, 5) is -0.236. The molecule has 1 N–H and O–H groups in total. The fourth-order valence-corrected chi connectivity index (χ4v) is 3.71. The predicted molar refractivity (Wildman–Crippen MR) is 92.1 cm³/mol. The van der Waals surface area contributed by atoms with Crippen LogP contribution in [0.2, 0.25) is 0 Å². The van der Waals surface area contributed by atoms with Crippen LogP contribution in [0, 0.1) is 0 Å². The monoisotopic (exact) mass is 387 g/mol. The van der Waals surface area contributed by atoms with Gasteiger partial charge in [-0.2, -0.15) is 13.2 Å². The first-order chi connectivity index (χ1) is 12.1. The average molecular weight is 387 g/mol. The van der Waals surface area contributed by atoms with Gasteiger partial charge in [-0.15, -0.1) is 0 Å². The molecule has 142 valence electrons. The molecule has 0 saturated heterocycles. The summed E-state index contributed by atoms with van der Waals surface area (Å²) in [6.45, 7) is 1.82. The van der Waals surface area contributed by atoms with Crippen molar-refractivity contribution in [1.29, 1.82) is 0 Å². The van der Waals surface area contributed by atoms with Gasteiger partial charge in [-0.05, 0) is 36.2 Å². The number of nitrogens with one attached hydrogen (secondary N) is 1. The summed E-state index contributed by atoms with van der Waals surface area (Å²) in [5, 5.41) is 0. The molecule has 0 spiro atoms. The van der Waals surface area contributed by atoms with Crippen LogP contribution in [0.5, 0.6) is 0 Å². The smallest absolute Gasteiger partial charge is 0.372 e. The molecule has 1 unspecified atom stereocenters. The van der Waals surface area contributed by atoms with Gasteiger partial charge in [-0.3, -0.25) is 0 Å². The van der Waals surface area contributed by atoms with Crippen LogP contribution in [0.1, 0.15) is 24.5 Å². The van der Waals surface area contributed by atoms with E-state index in [0.717, 1.165) is 29.8 Å². The summed E-state index contributed by atoms with van der Waals surface area (Å²) in [6.07, 6.45) is -4.01. The van der Waals surface area contributed by atoms with Crippen molar-refractivity contribution in [2.24, 2.45) is 0 Å². The summed E-state index contributed by atoms with van der Waals surface area (Å²) >= 11 is 0. The summed E-state index contributed by atoms with van der Waals surface area (Å²) in [5.74, 6) is 0. The maximum absolute atomic E-state index is 12.6. The van der Waals surface area contributed by atoms with E-state index in [1.165, 1.54) is 7.11 Å². The number of rotatable bonds is 7. The Kier molecular flexibility index (Phi) is 6.10. The summed E-state index contributed by atoms with van der Waals surface area (Å²) in [6, 6.07) is 12.5. The second-order valence-corrected chi connectivity index (χ2v) is 7.53. The van der Waals surface area contributed by atoms with Gasteiger partial charge in [0.05, 0.1) is 10.5 Å². The average Bonchev–Trinajstić information content (AvgIpc) is 2.63. The van der Waals surface area contributed by atoms with E-state index in [9.17, 15) is 21.6 Å². The standard InChI is InChI=1S/C18H20F3NO3S/c1-3-17(25-2,14-7-5-4-6-8-14)13-22-26(23,24)16-11-9-15(10-12-16)18(19,20)21/h4-12,22H,3,13H2,1-2H3. The third kappa shape index (κ3) is 4.44. The molecule has 1 atom stereocenters. The lowest BCUT2D eigenvalue weighted by Crippen LogP contribution is -2.41. The fraction of sp³-hybridized carbons (Fsp3) is 0.333. The summed E-state index contributed by atoms with van der Waals surface area (Å²) < 4.78 is 70.8. The van der Waals surface area contributed by atoms with Gasteiger partial charge in [0, 0.05) is 13.7 Å². The maximum atomic E-state index is 12.6. The zero-order valence-electron chi connectivity index (χ0n) is 14.4. The van der Waals surface area contributed by atoms with Crippen LogP contribution in [0.4, 0.5) is 13.2 Å². The molecule has 2 aromatic rings. The van der Waals surface area contributed by atoms with Gasteiger partial charge in [0.1, 0.15) is 5.60 Å². The van der Waals surface area contributed by atoms with Crippen molar-refractivity contribution in [3.05, 3.63) is 65.7 Å². The molecular formula is C18H20F3NO3S. The molecule has 0 heterocycles. The Morgan fingerprint density at radius 3 is 2.00 bits per heavy atom. The van der Waals surface area contributed by atoms with E-state index in [-0.39, 0.29) is 11.4 Å². The third-order valence-electron chi connectivity index (χ3n) is 4.30. The van der Waals surface area contributed by atoms with Crippen LogP contribution in [-0.2, 0) is 26.5 Å². The molecule has 2 rings (SSSR count). The van der Waals surface area contributed by atoms with Crippen molar-refractivity contribution in [3.8, 4) is 0 Å². The molecule has 0 radical (unpaired) electrons. The van der Waals surface area contributed by atoms with Crippen molar-refractivity contribution in [2.45, 2.75) is 30.0 Å². The van der Waals surface area contributed by atoms with E-state index in [0.29, 0.717) is 6.42 Å². The van der Waals surface area contributed by atoms with Crippen molar-refractivity contribution in [2.75, 3.05) is 13.7 Å². The predicted octanol–water partition coefficient (Wildman–Crippen LogP) is 3.94. The Hall–Kier alpha value is -1.90. The van der Waals surface area contributed by atoms with Crippen LogP contribution in [0.3, 0.4) is 0 Å². The molecular weight excluding hydrogens is 367 g/mol. The molecule has 26 heavy (non-hydrogen) atoms. The van der Waals surface area contributed by atoms with E-state index in [2.05, 4.69) is 4.72 Å². The normalized spacial score (nSPS) is 14.8. The SMILES string of the molecule is CCC(CNS(=O)(=O)c1ccc(C(F)(F)F)cc1)(OC)c1ccccc1. The van der Waals surface area contributed by atoms with Gasteiger partial charge in [0.2, 0.25) is 10.0 Å². The quantitative estimate of drug-likeness (QED) is 0.783. The summed E-state index contributed by atoms with van der Waals surface area (Å²) in [7, 11) is -2.49. The number of halogens is 3. The van der Waals surface area contributed by atoms with Gasteiger partial charge in [0.25, 0.3) is 0 Å². The van der Waals surface area contributed by atoms with Gasteiger partial charge in [0.15, 0.2) is 0 Å². The van der Waals surface area contributed by atoms with E-state index < -0.39 is 27.4 Å². The Morgan fingerprint density at radius 1 is 0.962 bits per heavy atom. The number of benzene rings is 2. The molecule has 0 saturated carbocycles. The highest BCUT2D eigenvalue weighted by atomic mass is 32.2. The highest BCUT2D eigenvalue weighted by molar-refractivity contribution is 7.89. The minimum absolute atomic E-state index is 0.0482. The van der Waals surface area contributed by atoms with Gasteiger partial charge >= 0.3 is 6.18 Å². The van der Waals surface area contributed by atoms with Gasteiger partial charge in [-0.1, -0.05) is 37.3 Å². The van der Waals surface area contributed by atoms with Gasteiger partial charge in [-0.25, -0.2) is 13.1 Å². The topological polar surface area (TPSA) is 55.4 Å². The second kappa shape index (κ2) is 7.77. The molecule has 4 nitrogen and oxygen atoms in total. The Morgan fingerprint density at radius 2 is 1.54 bits per heavy atom. The zero-order chi connectivity index (χ0) is 19.4. The van der Waals surface area contributed by atoms with Gasteiger partial charge < -0.3 is 4.74 Å². The maximum Gasteiger partial charge on any atom is 0.416 e. The first kappa shape index (κ1) is 20.4. The third-order valence-corrected chi connectivity index (χ3v) is 5.72. The van der Waals surface area contributed by atoms with E-state index in [1.807, 2.05) is 37.3 Å². The van der Waals surface area contributed by atoms with Crippen LogP contribution in [0.15, 0.2) is 59.5 Å². The van der Waals surface area contributed by atoms with Crippen LogP contribution in [-0.4, -0.2) is 22.1 Å². The van der Waals surface area contributed by atoms with E-state index in [4.69, 9.17) is 4.74 Å². The molecule has 0 fully saturated rings. The van der Waals surface area contributed by atoms with Crippen molar-refractivity contribution in [1.82, 2.24) is 4.72 Å². The number of sulfonamides is 1. The summed E-state index contributed by atoms with van der Waals surface area (Å²) in [5.41, 5.74) is -0.971. The molecule has 0 aliphatic rings. The van der Waals surface area contributed by atoms with Crippen LogP contribution in [0.25, 0.3) is 0 Å². The molecule has 2 aromatic carbocycles. The first-order valence-corrected chi connectivity index (χ1v) is 9.40. The molecule has 0 amide bonds. The van der Waals surface area contributed by atoms with Crippen molar-refractivity contribution in [3.63, 3.8) is 0 Å². The molecule has 0 bridgehead atoms. The zero-order valence-corrected chi connectivity index (χ0v) is 15.2. The minimum atomic E-state index is -4.52. The van der Waals surface area contributed by atoms with Crippen molar-refractivity contribution < 1.29 is 26.3 Å². The Balaban J connectivity index is 2.23. The Labute approximate surface area is 151 Å². The first-order valence-electron chi connectivity index (χ1n) is 7.92. The number of ether oxygens (including phenoxy) is 1. The molecule has 0 aliphatic carbocycles. The highest BCUT2D eigenvalue weighted by Gasteiger charge is 2.33. The molecule has 8 heteroatoms. The Bertz CT molecular complexity index is 815. The van der Waals surface area contributed by atoms with Crippen molar-refractivity contribution >= 4 is 10.0 Å². The lowest BCUT2D eigenvalue weighted by atomic mass is 9.91. The highest BCUT2D eigenvalue weighted by Crippen LogP contribution is 2.31. The number of alkyl halides is 3. The minimum Gasteiger partial charge on any atom is -0.372 e. The number of hydrogen-bond acceptors (Lipinski definition) is 3.